The van der Waals surface area contributed by atoms with Crippen LogP contribution in [0.15, 0.2) is 24.3 Å². The van der Waals surface area contributed by atoms with Crippen LogP contribution in [0.25, 0.3) is 10.2 Å². The van der Waals surface area contributed by atoms with E-state index in [1.807, 2.05) is 24.3 Å². The van der Waals surface area contributed by atoms with Crippen molar-refractivity contribution in [2.75, 3.05) is 6.61 Å². The molecule has 2 aromatic rings. The number of ether oxygens (including phenoxy) is 1. The lowest BCUT2D eigenvalue weighted by Gasteiger charge is -2.06. The minimum atomic E-state index is -0.846. The molecular formula is C11H11NO3S. The van der Waals surface area contributed by atoms with E-state index in [0.717, 1.165) is 10.2 Å². The number of carbonyl (C=O) groups is 1. The number of rotatable bonds is 3. The first-order chi connectivity index (χ1) is 7.66. The fourth-order valence-corrected chi connectivity index (χ4v) is 2.24. The molecule has 0 amide bonds. The average molecular weight is 237 g/mol. The summed E-state index contributed by atoms with van der Waals surface area (Å²) in [6.45, 7) is 1.26. The summed E-state index contributed by atoms with van der Waals surface area (Å²) in [7, 11) is 0. The molecule has 0 saturated carbocycles. The van der Waals surface area contributed by atoms with E-state index in [1.54, 1.807) is 0 Å². The number of para-hydroxylation sites is 1. The third kappa shape index (κ3) is 2.37. The summed E-state index contributed by atoms with van der Waals surface area (Å²) < 4.78 is 5.75. The Balaban J connectivity index is 2.16. The minimum absolute atomic E-state index is 0.0465. The molecule has 0 radical (unpaired) electrons. The molecule has 1 atom stereocenters. The number of hydrogen-bond acceptors (Lipinski definition) is 5. The Morgan fingerprint density at radius 2 is 2.31 bits per heavy atom. The van der Waals surface area contributed by atoms with Crippen LogP contribution in [0, 0.1) is 0 Å². The van der Waals surface area contributed by atoms with Gasteiger partial charge in [0, 0.05) is 6.92 Å². The summed E-state index contributed by atoms with van der Waals surface area (Å²) in [6, 6.07) is 7.63. The van der Waals surface area contributed by atoms with Gasteiger partial charge >= 0.3 is 5.97 Å². The molecule has 1 N–H and O–H groups in total. The summed E-state index contributed by atoms with van der Waals surface area (Å²) in [5.41, 5.74) is 0.851. The Morgan fingerprint density at radius 1 is 1.56 bits per heavy atom. The van der Waals surface area contributed by atoms with Gasteiger partial charge in [-0.1, -0.05) is 12.1 Å². The fraction of sp³-hybridized carbons (Fsp3) is 0.273. The van der Waals surface area contributed by atoms with Crippen molar-refractivity contribution >= 4 is 27.5 Å². The van der Waals surface area contributed by atoms with Gasteiger partial charge in [-0.25, -0.2) is 4.98 Å². The van der Waals surface area contributed by atoms with Gasteiger partial charge in [-0.15, -0.1) is 11.3 Å². The van der Waals surface area contributed by atoms with Crippen molar-refractivity contribution in [3.63, 3.8) is 0 Å². The van der Waals surface area contributed by atoms with Crippen LogP contribution in [0.4, 0.5) is 0 Å². The average Bonchev–Trinajstić information content (AvgIpc) is 2.69. The number of esters is 1. The highest BCUT2D eigenvalue weighted by Gasteiger charge is 2.14. The highest BCUT2D eigenvalue weighted by atomic mass is 32.1. The number of benzene rings is 1. The van der Waals surface area contributed by atoms with E-state index in [1.165, 1.54) is 18.3 Å². The van der Waals surface area contributed by atoms with Crippen molar-refractivity contribution in [3.05, 3.63) is 29.3 Å². The Labute approximate surface area is 96.5 Å². The maximum Gasteiger partial charge on any atom is 0.302 e. The molecule has 0 aliphatic rings. The molecule has 0 unspecified atom stereocenters. The first-order valence-corrected chi connectivity index (χ1v) is 5.65. The second kappa shape index (κ2) is 4.59. The summed E-state index contributed by atoms with van der Waals surface area (Å²) in [6.07, 6.45) is -0.846. The van der Waals surface area contributed by atoms with E-state index in [-0.39, 0.29) is 6.61 Å². The third-order valence-electron chi connectivity index (χ3n) is 2.04. The highest BCUT2D eigenvalue weighted by Crippen LogP contribution is 2.26. The van der Waals surface area contributed by atoms with E-state index >= 15 is 0 Å². The lowest BCUT2D eigenvalue weighted by molar-refractivity contribution is -0.144. The zero-order valence-electron chi connectivity index (χ0n) is 8.71. The van der Waals surface area contributed by atoms with E-state index in [2.05, 4.69) is 4.98 Å². The first kappa shape index (κ1) is 11.0. The number of hydrogen-bond donors (Lipinski definition) is 1. The normalized spacial score (nSPS) is 12.6. The molecule has 1 heterocycles. The van der Waals surface area contributed by atoms with Crippen molar-refractivity contribution in [2.45, 2.75) is 13.0 Å². The first-order valence-electron chi connectivity index (χ1n) is 4.83. The maximum absolute atomic E-state index is 10.6. The molecule has 4 nitrogen and oxygen atoms in total. The van der Waals surface area contributed by atoms with Crippen LogP contribution < -0.4 is 0 Å². The van der Waals surface area contributed by atoms with Crippen molar-refractivity contribution in [1.82, 2.24) is 4.98 Å². The predicted octanol–water partition coefficient (Wildman–Crippen LogP) is 1.89. The van der Waals surface area contributed by atoms with Crippen LogP contribution in [0.2, 0.25) is 0 Å². The van der Waals surface area contributed by atoms with Crippen LogP contribution >= 0.6 is 11.3 Å². The SMILES string of the molecule is CC(=O)OC[C@H](O)c1nc2ccccc2s1. The van der Waals surface area contributed by atoms with Crippen molar-refractivity contribution in [3.8, 4) is 0 Å². The predicted molar refractivity (Wildman–Crippen MR) is 61.2 cm³/mol. The highest BCUT2D eigenvalue weighted by molar-refractivity contribution is 7.18. The Hall–Kier alpha value is -1.46. The zero-order chi connectivity index (χ0) is 11.5. The van der Waals surface area contributed by atoms with Gasteiger partial charge in [0.15, 0.2) is 0 Å². The zero-order valence-corrected chi connectivity index (χ0v) is 9.53. The minimum Gasteiger partial charge on any atom is -0.463 e. The Morgan fingerprint density at radius 3 is 3.00 bits per heavy atom. The lowest BCUT2D eigenvalue weighted by atomic mass is 10.3. The number of carbonyl (C=O) groups excluding carboxylic acids is 1. The number of thiazole rings is 1. The number of nitrogens with zero attached hydrogens (tertiary/aromatic N) is 1. The van der Waals surface area contributed by atoms with Crippen molar-refractivity contribution in [2.24, 2.45) is 0 Å². The van der Waals surface area contributed by atoms with Crippen molar-refractivity contribution in [1.29, 1.82) is 0 Å². The second-order valence-corrected chi connectivity index (χ2v) is 4.40. The quantitative estimate of drug-likeness (QED) is 0.828. The summed E-state index contributed by atoms with van der Waals surface area (Å²) in [5, 5.41) is 10.3. The van der Waals surface area contributed by atoms with Crippen LogP contribution in [-0.4, -0.2) is 22.7 Å². The number of fused-ring (bicyclic) bond motifs is 1. The third-order valence-corrected chi connectivity index (χ3v) is 3.18. The van der Waals surface area contributed by atoms with E-state index in [9.17, 15) is 9.90 Å². The van der Waals surface area contributed by atoms with E-state index < -0.39 is 12.1 Å². The van der Waals surface area contributed by atoms with E-state index in [0.29, 0.717) is 5.01 Å². The molecule has 0 fully saturated rings. The van der Waals surface area contributed by atoms with Crippen LogP contribution in [0.5, 0.6) is 0 Å². The van der Waals surface area contributed by atoms with Gasteiger partial charge in [0.1, 0.15) is 17.7 Å². The summed E-state index contributed by atoms with van der Waals surface area (Å²) in [5.74, 6) is -0.403. The molecule has 0 bridgehead atoms. The van der Waals surface area contributed by atoms with Gasteiger partial charge in [-0.3, -0.25) is 4.79 Å². The van der Waals surface area contributed by atoms with Gasteiger partial charge in [0.05, 0.1) is 10.2 Å². The number of aliphatic hydroxyl groups is 1. The molecule has 0 aliphatic heterocycles. The van der Waals surface area contributed by atoms with Gasteiger partial charge in [-0.2, -0.15) is 0 Å². The molecule has 16 heavy (non-hydrogen) atoms. The van der Waals surface area contributed by atoms with Gasteiger partial charge in [0.25, 0.3) is 0 Å². The second-order valence-electron chi connectivity index (χ2n) is 3.34. The fourth-order valence-electron chi connectivity index (χ4n) is 1.30. The molecule has 2 rings (SSSR count). The molecule has 1 aromatic heterocycles. The maximum atomic E-state index is 10.6. The van der Waals surface area contributed by atoms with Crippen LogP contribution in [0.1, 0.15) is 18.0 Å². The van der Waals surface area contributed by atoms with Gasteiger partial charge < -0.3 is 9.84 Å². The molecule has 5 heteroatoms. The smallest absolute Gasteiger partial charge is 0.302 e. The van der Waals surface area contributed by atoms with Crippen molar-refractivity contribution < 1.29 is 14.6 Å². The Bertz CT molecular complexity index is 476. The molecule has 0 spiro atoms. The molecule has 0 saturated heterocycles. The summed E-state index contributed by atoms with van der Waals surface area (Å²) >= 11 is 1.40. The topological polar surface area (TPSA) is 59.4 Å². The lowest BCUT2D eigenvalue weighted by Crippen LogP contribution is -2.09. The van der Waals surface area contributed by atoms with E-state index in [4.69, 9.17) is 4.74 Å². The molecule has 84 valence electrons. The number of aromatic nitrogens is 1. The largest absolute Gasteiger partial charge is 0.463 e. The molecular weight excluding hydrogens is 226 g/mol. The van der Waals surface area contributed by atoms with Gasteiger partial charge in [-0.05, 0) is 12.1 Å². The summed E-state index contributed by atoms with van der Waals surface area (Å²) in [4.78, 5) is 14.9. The standard InChI is InChI=1S/C11H11NO3S/c1-7(13)15-6-9(14)11-12-8-4-2-3-5-10(8)16-11/h2-5,9,14H,6H2,1H3/t9-/m0/s1. The van der Waals surface area contributed by atoms with Gasteiger partial charge in [0.2, 0.25) is 0 Å². The number of aliphatic hydroxyl groups excluding tert-OH is 1. The van der Waals surface area contributed by atoms with Crippen LogP contribution in [0.3, 0.4) is 0 Å². The van der Waals surface area contributed by atoms with Crippen LogP contribution in [-0.2, 0) is 9.53 Å². The molecule has 0 aliphatic carbocycles. The molecule has 1 aromatic carbocycles. The Kier molecular flexibility index (Phi) is 3.17. The monoisotopic (exact) mass is 237 g/mol.